The molecule has 0 atom stereocenters. The third kappa shape index (κ3) is 2.55. The van der Waals surface area contributed by atoms with Gasteiger partial charge >= 0.3 is 5.97 Å². The van der Waals surface area contributed by atoms with E-state index < -0.39 is 5.97 Å². The number of nitrogens with zero attached hydrogens (tertiary/aromatic N) is 4. The molecule has 21 heavy (non-hydrogen) atoms. The maximum absolute atomic E-state index is 10.8. The Balaban J connectivity index is 1.91. The number of carboxylic acids is 1. The van der Waals surface area contributed by atoms with Gasteiger partial charge in [0.15, 0.2) is 11.3 Å². The van der Waals surface area contributed by atoms with Crippen molar-refractivity contribution in [2.75, 3.05) is 0 Å². The van der Waals surface area contributed by atoms with Crippen molar-refractivity contribution in [2.45, 2.75) is 6.92 Å². The Kier molecular flexibility index (Phi) is 3.26. The summed E-state index contributed by atoms with van der Waals surface area (Å²) in [6.45, 7) is 1.94. The molecule has 1 N–H and O–H groups in total. The number of hydrogen-bond acceptors (Lipinski definition) is 5. The number of hydrogen-bond donors (Lipinski definition) is 1. The molecule has 0 saturated carbocycles. The van der Waals surface area contributed by atoms with Crippen LogP contribution in [0.5, 0.6) is 0 Å². The molecule has 0 aliphatic rings. The van der Waals surface area contributed by atoms with Gasteiger partial charge in [-0.1, -0.05) is 6.08 Å². The van der Waals surface area contributed by atoms with Crippen molar-refractivity contribution in [1.82, 2.24) is 19.7 Å². The molecule has 0 bridgehead atoms. The second kappa shape index (κ2) is 5.10. The fourth-order valence-corrected chi connectivity index (χ4v) is 2.73. The van der Waals surface area contributed by atoms with Crippen LogP contribution in [0.2, 0.25) is 0 Å². The third-order valence-corrected chi connectivity index (χ3v) is 3.85. The highest BCUT2D eigenvalue weighted by molar-refractivity contribution is 7.10. The predicted molar refractivity (Wildman–Crippen MR) is 81.2 cm³/mol. The van der Waals surface area contributed by atoms with Crippen molar-refractivity contribution in [2.24, 2.45) is 7.05 Å². The van der Waals surface area contributed by atoms with Crippen LogP contribution in [0.25, 0.3) is 23.2 Å². The average molecular weight is 300 g/mol. The standard InChI is InChI=1S/C14H12N4O2S/c1-8-10-5-9(6-15-13(10)18(2)17-8)3-4-12-16-11(7-21-12)14(19)20/h3-7H,1-2H3,(H,19,20)/b4-3+. The number of aromatic carboxylic acids is 1. The minimum atomic E-state index is -1.01. The van der Waals surface area contributed by atoms with Crippen molar-refractivity contribution in [3.8, 4) is 0 Å². The quantitative estimate of drug-likeness (QED) is 0.804. The zero-order valence-corrected chi connectivity index (χ0v) is 12.3. The van der Waals surface area contributed by atoms with Gasteiger partial charge in [-0.3, -0.25) is 4.68 Å². The first-order valence-electron chi connectivity index (χ1n) is 6.21. The van der Waals surface area contributed by atoms with E-state index in [1.165, 1.54) is 16.7 Å². The molecule has 7 heteroatoms. The summed E-state index contributed by atoms with van der Waals surface area (Å²) >= 11 is 1.29. The van der Waals surface area contributed by atoms with Crippen molar-refractivity contribution in [3.05, 3.63) is 39.6 Å². The van der Waals surface area contributed by atoms with Gasteiger partial charge < -0.3 is 5.11 Å². The fourth-order valence-electron chi connectivity index (χ4n) is 2.05. The Bertz CT molecular complexity index is 863. The SMILES string of the molecule is Cc1nn(C)c2ncc(/C=C/c3nc(C(=O)O)cs3)cc12. The molecule has 3 heterocycles. The topological polar surface area (TPSA) is 80.9 Å². The molecule has 0 aliphatic heterocycles. The predicted octanol–water partition coefficient (Wildman–Crippen LogP) is 2.60. The number of carboxylic acid groups (broad SMARTS) is 1. The van der Waals surface area contributed by atoms with E-state index in [4.69, 9.17) is 5.11 Å². The molecule has 3 aromatic rings. The lowest BCUT2D eigenvalue weighted by Gasteiger charge is -1.95. The molecule has 0 amide bonds. The van der Waals surface area contributed by atoms with E-state index in [1.54, 1.807) is 17.0 Å². The molecule has 0 fully saturated rings. The van der Waals surface area contributed by atoms with Gasteiger partial charge in [-0.05, 0) is 24.6 Å². The molecule has 0 unspecified atom stereocenters. The molecule has 0 aromatic carbocycles. The highest BCUT2D eigenvalue weighted by atomic mass is 32.1. The second-order valence-electron chi connectivity index (χ2n) is 4.56. The zero-order valence-electron chi connectivity index (χ0n) is 11.4. The first kappa shape index (κ1) is 13.4. The highest BCUT2D eigenvalue weighted by Crippen LogP contribution is 2.19. The second-order valence-corrected chi connectivity index (χ2v) is 5.45. The van der Waals surface area contributed by atoms with Crippen LogP contribution in [0, 0.1) is 6.92 Å². The van der Waals surface area contributed by atoms with E-state index in [-0.39, 0.29) is 5.69 Å². The van der Waals surface area contributed by atoms with E-state index >= 15 is 0 Å². The normalized spacial score (nSPS) is 11.5. The lowest BCUT2D eigenvalue weighted by atomic mass is 10.2. The van der Waals surface area contributed by atoms with E-state index in [1.807, 2.05) is 26.1 Å². The number of carbonyl (C=O) groups is 1. The molecule has 0 radical (unpaired) electrons. The summed E-state index contributed by atoms with van der Waals surface area (Å²) in [6, 6.07) is 2.01. The molecule has 106 valence electrons. The lowest BCUT2D eigenvalue weighted by molar-refractivity contribution is 0.0691. The average Bonchev–Trinajstić information content (AvgIpc) is 3.03. The Morgan fingerprint density at radius 3 is 2.95 bits per heavy atom. The summed E-state index contributed by atoms with van der Waals surface area (Å²) in [5.41, 5.74) is 2.76. The number of thiazole rings is 1. The number of rotatable bonds is 3. The van der Waals surface area contributed by atoms with E-state index in [0.717, 1.165) is 22.3 Å². The number of fused-ring (bicyclic) bond motifs is 1. The van der Waals surface area contributed by atoms with Crippen LogP contribution in [-0.2, 0) is 7.05 Å². The molecular formula is C14H12N4O2S. The molecular weight excluding hydrogens is 288 g/mol. The van der Waals surface area contributed by atoms with Gasteiger partial charge in [0.1, 0.15) is 5.01 Å². The Morgan fingerprint density at radius 1 is 1.43 bits per heavy atom. The van der Waals surface area contributed by atoms with Crippen LogP contribution in [-0.4, -0.2) is 30.8 Å². The van der Waals surface area contributed by atoms with E-state index in [2.05, 4.69) is 15.1 Å². The fraction of sp³-hybridized carbons (Fsp3) is 0.143. The largest absolute Gasteiger partial charge is 0.476 e. The summed E-state index contributed by atoms with van der Waals surface area (Å²) in [5, 5.41) is 16.3. The Morgan fingerprint density at radius 2 is 2.24 bits per heavy atom. The molecule has 6 nitrogen and oxygen atoms in total. The van der Waals surface area contributed by atoms with Gasteiger partial charge in [-0.2, -0.15) is 5.10 Å². The minimum absolute atomic E-state index is 0.0660. The van der Waals surface area contributed by atoms with Crippen LogP contribution in [0.3, 0.4) is 0 Å². The smallest absolute Gasteiger partial charge is 0.355 e. The molecule has 3 rings (SSSR count). The van der Waals surface area contributed by atoms with Crippen molar-refractivity contribution in [1.29, 1.82) is 0 Å². The maximum atomic E-state index is 10.8. The summed E-state index contributed by atoms with van der Waals surface area (Å²) in [6.07, 6.45) is 5.40. The van der Waals surface area contributed by atoms with Gasteiger partial charge in [-0.15, -0.1) is 11.3 Å². The van der Waals surface area contributed by atoms with Gasteiger partial charge in [0.05, 0.1) is 5.69 Å². The molecule has 3 aromatic heterocycles. The van der Waals surface area contributed by atoms with E-state index in [9.17, 15) is 4.79 Å². The summed E-state index contributed by atoms with van der Waals surface area (Å²) in [5.74, 6) is -1.01. The van der Waals surface area contributed by atoms with Crippen LogP contribution < -0.4 is 0 Å². The first-order chi connectivity index (χ1) is 10.0. The maximum Gasteiger partial charge on any atom is 0.355 e. The van der Waals surface area contributed by atoms with Crippen LogP contribution in [0.15, 0.2) is 17.6 Å². The molecule has 0 aliphatic carbocycles. The van der Waals surface area contributed by atoms with Gasteiger partial charge in [0.2, 0.25) is 0 Å². The third-order valence-electron chi connectivity index (χ3n) is 3.04. The van der Waals surface area contributed by atoms with Crippen LogP contribution in [0.1, 0.15) is 26.8 Å². The van der Waals surface area contributed by atoms with Gasteiger partial charge in [-0.25, -0.2) is 14.8 Å². The molecule has 0 spiro atoms. The van der Waals surface area contributed by atoms with Crippen LogP contribution >= 0.6 is 11.3 Å². The summed E-state index contributed by atoms with van der Waals surface area (Å²) in [7, 11) is 1.86. The zero-order chi connectivity index (χ0) is 15.0. The van der Waals surface area contributed by atoms with Crippen molar-refractivity contribution >= 4 is 40.5 Å². The van der Waals surface area contributed by atoms with Gasteiger partial charge in [0, 0.05) is 24.0 Å². The lowest BCUT2D eigenvalue weighted by Crippen LogP contribution is -1.95. The Hall–Kier alpha value is -2.54. The first-order valence-corrected chi connectivity index (χ1v) is 7.09. The Labute approximate surface area is 124 Å². The van der Waals surface area contributed by atoms with Crippen molar-refractivity contribution < 1.29 is 9.90 Å². The number of aryl methyl sites for hydroxylation is 2. The van der Waals surface area contributed by atoms with Crippen LogP contribution in [0.4, 0.5) is 0 Å². The van der Waals surface area contributed by atoms with Crippen molar-refractivity contribution in [3.63, 3.8) is 0 Å². The summed E-state index contributed by atoms with van der Waals surface area (Å²) in [4.78, 5) is 19.2. The van der Waals surface area contributed by atoms with Gasteiger partial charge in [0.25, 0.3) is 0 Å². The monoisotopic (exact) mass is 300 g/mol. The van der Waals surface area contributed by atoms with E-state index in [0.29, 0.717) is 5.01 Å². The number of aromatic nitrogens is 4. The minimum Gasteiger partial charge on any atom is -0.476 e. The number of pyridine rings is 1. The highest BCUT2D eigenvalue weighted by Gasteiger charge is 2.07. The molecule has 0 saturated heterocycles. The summed E-state index contributed by atoms with van der Waals surface area (Å²) < 4.78 is 1.75.